The largest absolute Gasteiger partial charge is 0.406 e. The molecule has 0 spiro atoms. The van der Waals surface area contributed by atoms with E-state index in [2.05, 4.69) is 22.5 Å². The standard InChI is InChI=1S/C17H25F3N4O.HI/c1-5-13-6-8-14(9-7-13)12(2)23-16(21-3)22-10-15(25)24(4)11-17(18,19)20;/h6-9,12H,5,10-11H2,1-4H3,(H2,21,22,23);1H. The molecule has 1 atom stereocenters. The van der Waals surface area contributed by atoms with Crippen LogP contribution in [0.2, 0.25) is 0 Å². The maximum Gasteiger partial charge on any atom is 0.406 e. The number of alkyl halides is 3. The molecule has 5 nitrogen and oxygen atoms in total. The van der Waals surface area contributed by atoms with E-state index in [0.717, 1.165) is 19.0 Å². The molecular formula is C17H26F3IN4O. The van der Waals surface area contributed by atoms with Crippen molar-refractivity contribution >= 4 is 35.8 Å². The molecule has 1 amide bonds. The highest BCUT2D eigenvalue weighted by molar-refractivity contribution is 14.0. The first kappa shape index (κ1) is 24.5. The fourth-order valence-electron chi connectivity index (χ4n) is 2.18. The van der Waals surface area contributed by atoms with Crippen LogP contribution in [0.15, 0.2) is 29.3 Å². The van der Waals surface area contributed by atoms with Gasteiger partial charge in [0, 0.05) is 14.1 Å². The number of rotatable bonds is 6. The fraction of sp³-hybridized carbons (Fsp3) is 0.529. The molecule has 1 aromatic carbocycles. The van der Waals surface area contributed by atoms with Gasteiger partial charge in [0.1, 0.15) is 6.54 Å². The fourth-order valence-corrected chi connectivity index (χ4v) is 2.18. The van der Waals surface area contributed by atoms with Gasteiger partial charge in [0.25, 0.3) is 0 Å². The van der Waals surface area contributed by atoms with Crippen molar-refractivity contribution in [2.45, 2.75) is 32.5 Å². The first-order chi connectivity index (χ1) is 11.7. The molecule has 148 valence electrons. The van der Waals surface area contributed by atoms with E-state index in [1.54, 1.807) is 0 Å². The molecule has 2 N–H and O–H groups in total. The van der Waals surface area contributed by atoms with E-state index in [4.69, 9.17) is 0 Å². The summed E-state index contributed by atoms with van der Waals surface area (Å²) in [5, 5.41) is 5.85. The van der Waals surface area contributed by atoms with Crippen LogP contribution in [0, 0.1) is 0 Å². The number of likely N-dealkylation sites (N-methyl/N-ethyl adjacent to an activating group) is 1. The Morgan fingerprint density at radius 2 is 1.85 bits per heavy atom. The molecule has 9 heteroatoms. The van der Waals surface area contributed by atoms with Gasteiger partial charge in [-0.2, -0.15) is 13.2 Å². The van der Waals surface area contributed by atoms with E-state index in [-0.39, 0.29) is 36.6 Å². The summed E-state index contributed by atoms with van der Waals surface area (Å²) in [6.07, 6.45) is -3.46. The van der Waals surface area contributed by atoms with Gasteiger partial charge >= 0.3 is 6.18 Å². The molecule has 26 heavy (non-hydrogen) atoms. The first-order valence-corrected chi connectivity index (χ1v) is 8.03. The summed E-state index contributed by atoms with van der Waals surface area (Å²) in [5.74, 6) is -0.318. The van der Waals surface area contributed by atoms with Crippen molar-refractivity contribution in [1.82, 2.24) is 15.5 Å². The Balaban J connectivity index is 0.00000625. The minimum Gasteiger partial charge on any atom is -0.350 e. The van der Waals surface area contributed by atoms with Gasteiger partial charge in [-0.25, -0.2) is 0 Å². The van der Waals surface area contributed by atoms with Crippen LogP contribution < -0.4 is 10.6 Å². The summed E-state index contributed by atoms with van der Waals surface area (Å²) in [5.41, 5.74) is 2.28. The van der Waals surface area contributed by atoms with Crippen molar-refractivity contribution in [1.29, 1.82) is 0 Å². The van der Waals surface area contributed by atoms with Crippen molar-refractivity contribution in [2.75, 3.05) is 27.2 Å². The van der Waals surface area contributed by atoms with E-state index in [9.17, 15) is 18.0 Å². The second-order valence-electron chi connectivity index (χ2n) is 5.75. The molecule has 1 rings (SSSR count). The Hall–Kier alpha value is -1.52. The van der Waals surface area contributed by atoms with Crippen LogP contribution >= 0.6 is 24.0 Å². The lowest BCUT2D eigenvalue weighted by Gasteiger charge is -2.21. The van der Waals surface area contributed by atoms with Crippen molar-refractivity contribution in [2.24, 2.45) is 4.99 Å². The number of halogens is 4. The lowest BCUT2D eigenvalue weighted by atomic mass is 10.1. The smallest absolute Gasteiger partial charge is 0.350 e. The summed E-state index contributed by atoms with van der Waals surface area (Å²) in [7, 11) is 2.65. The zero-order chi connectivity index (χ0) is 19.0. The van der Waals surface area contributed by atoms with Crippen molar-refractivity contribution in [3.63, 3.8) is 0 Å². The van der Waals surface area contributed by atoms with Gasteiger partial charge in [-0.1, -0.05) is 31.2 Å². The van der Waals surface area contributed by atoms with Gasteiger partial charge in [0.05, 0.1) is 12.6 Å². The third-order valence-corrected chi connectivity index (χ3v) is 3.71. The maximum absolute atomic E-state index is 12.3. The Morgan fingerprint density at radius 1 is 1.27 bits per heavy atom. The van der Waals surface area contributed by atoms with Gasteiger partial charge in [-0.05, 0) is 24.5 Å². The summed E-state index contributed by atoms with van der Waals surface area (Å²) in [4.78, 5) is 16.4. The maximum atomic E-state index is 12.3. The van der Waals surface area contributed by atoms with Crippen LogP contribution in [-0.4, -0.2) is 50.1 Å². The van der Waals surface area contributed by atoms with E-state index in [1.807, 2.05) is 31.2 Å². The topological polar surface area (TPSA) is 56.7 Å². The third kappa shape index (κ3) is 8.72. The lowest BCUT2D eigenvalue weighted by molar-refractivity contribution is -0.157. The lowest BCUT2D eigenvalue weighted by Crippen LogP contribution is -2.46. The molecule has 1 unspecified atom stereocenters. The minimum atomic E-state index is -4.41. The number of benzene rings is 1. The Kier molecular flexibility index (Phi) is 10.6. The van der Waals surface area contributed by atoms with Crippen molar-refractivity contribution < 1.29 is 18.0 Å². The Morgan fingerprint density at radius 3 is 2.31 bits per heavy atom. The number of amides is 1. The highest BCUT2D eigenvalue weighted by Gasteiger charge is 2.31. The third-order valence-electron chi connectivity index (χ3n) is 3.71. The van der Waals surface area contributed by atoms with Crippen LogP contribution in [0.1, 0.15) is 31.0 Å². The highest BCUT2D eigenvalue weighted by Crippen LogP contribution is 2.15. The zero-order valence-electron chi connectivity index (χ0n) is 15.4. The van der Waals surface area contributed by atoms with E-state index >= 15 is 0 Å². The average molecular weight is 486 g/mol. The second-order valence-corrected chi connectivity index (χ2v) is 5.75. The number of nitrogens with one attached hydrogen (secondary N) is 2. The van der Waals surface area contributed by atoms with Crippen LogP contribution in [0.5, 0.6) is 0 Å². The minimum absolute atomic E-state index is 0. The first-order valence-electron chi connectivity index (χ1n) is 8.03. The van der Waals surface area contributed by atoms with Crippen LogP contribution in [0.3, 0.4) is 0 Å². The summed E-state index contributed by atoms with van der Waals surface area (Å²) in [6.45, 7) is 2.47. The molecule has 0 aliphatic rings. The predicted octanol–water partition coefficient (Wildman–Crippen LogP) is 3.11. The molecule has 0 heterocycles. The SMILES string of the molecule is CCc1ccc(C(C)NC(=NC)NCC(=O)N(C)CC(F)(F)F)cc1.I. The molecule has 1 aromatic rings. The van der Waals surface area contributed by atoms with E-state index < -0.39 is 18.6 Å². The quantitative estimate of drug-likeness (QED) is 0.369. The number of hydrogen-bond donors (Lipinski definition) is 2. The van der Waals surface area contributed by atoms with Gasteiger partial charge in [-0.15, -0.1) is 24.0 Å². The Bertz CT molecular complexity index is 591. The summed E-state index contributed by atoms with van der Waals surface area (Å²) < 4.78 is 36.9. The van der Waals surface area contributed by atoms with Gasteiger partial charge < -0.3 is 15.5 Å². The van der Waals surface area contributed by atoms with Crippen LogP contribution in [0.4, 0.5) is 13.2 Å². The molecular weight excluding hydrogens is 460 g/mol. The molecule has 0 saturated carbocycles. The average Bonchev–Trinajstić information content (AvgIpc) is 2.56. The van der Waals surface area contributed by atoms with Crippen molar-refractivity contribution in [3.8, 4) is 0 Å². The number of carbonyl (C=O) groups is 1. The molecule has 0 aromatic heterocycles. The zero-order valence-corrected chi connectivity index (χ0v) is 17.7. The Labute approximate surface area is 169 Å². The molecule has 0 saturated heterocycles. The number of nitrogens with zero attached hydrogens (tertiary/aromatic N) is 2. The predicted molar refractivity (Wildman–Crippen MR) is 108 cm³/mol. The number of aliphatic imine (C=N–C) groups is 1. The summed E-state index contributed by atoms with van der Waals surface area (Å²) >= 11 is 0. The van der Waals surface area contributed by atoms with E-state index in [1.165, 1.54) is 12.6 Å². The molecule has 0 bridgehead atoms. The molecule has 0 radical (unpaired) electrons. The molecule has 0 aliphatic heterocycles. The van der Waals surface area contributed by atoms with Crippen LogP contribution in [-0.2, 0) is 11.2 Å². The second kappa shape index (κ2) is 11.2. The number of carbonyl (C=O) groups excluding carboxylic acids is 1. The number of hydrogen-bond acceptors (Lipinski definition) is 2. The normalized spacial score (nSPS) is 12.8. The van der Waals surface area contributed by atoms with Crippen molar-refractivity contribution in [3.05, 3.63) is 35.4 Å². The molecule has 0 aliphatic carbocycles. The number of guanidine groups is 1. The monoisotopic (exact) mass is 486 g/mol. The van der Waals surface area contributed by atoms with E-state index in [0.29, 0.717) is 10.9 Å². The van der Waals surface area contributed by atoms with Gasteiger partial charge in [-0.3, -0.25) is 9.79 Å². The summed E-state index contributed by atoms with van der Waals surface area (Å²) in [6, 6.07) is 8.02. The van der Waals surface area contributed by atoms with Crippen LogP contribution in [0.25, 0.3) is 0 Å². The van der Waals surface area contributed by atoms with Gasteiger partial charge in [0.2, 0.25) is 5.91 Å². The van der Waals surface area contributed by atoms with Gasteiger partial charge in [0.15, 0.2) is 5.96 Å². The highest BCUT2D eigenvalue weighted by atomic mass is 127. The molecule has 0 fully saturated rings. The number of aryl methyl sites for hydroxylation is 1.